The minimum Gasteiger partial charge on any atom is -0.293 e. The van der Waals surface area contributed by atoms with Gasteiger partial charge in [0, 0.05) is 10.6 Å². The number of carbonyl (C=O) groups excluding carboxylic acids is 3. The van der Waals surface area contributed by atoms with Crippen LogP contribution in [0.25, 0.3) is 10.2 Å². The Balaban J connectivity index is 1.33. The van der Waals surface area contributed by atoms with Crippen LogP contribution in [0.15, 0.2) is 46.8 Å². The number of nitrogens with zero attached hydrogens (tertiary/aromatic N) is 2. The van der Waals surface area contributed by atoms with Crippen LogP contribution in [0.3, 0.4) is 0 Å². The first-order valence-corrected chi connectivity index (χ1v) is 12.4. The van der Waals surface area contributed by atoms with Gasteiger partial charge in [-0.05, 0) is 55.3 Å². The Morgan fingerprint density at radius 2 is 1.74 bits per heavy atom. The number of carbonyl (C=O) groups is 3. The molecule has 0 unspecified atom stereocenters. The number of amides is 2. The maximum Gasteiger partial charge on any atom is 0.237 e. The predicted octanol–water partition coefficient (Wildman–Crippen LogP) is 5.60. The third-order valence-electron chi connectivity index (χ3n) is 5.94. The summed E-state index contributed by atoms with van der Waals surface area (Å²) < 4.78 is 1.68. The van der Waals surface area contributed by atoms with Gasteiger partial charge in [0.25, 0.3) is 0 Å². The topological polar surface area (TPSA) is 67.3 Å². The first-order chi connectivity index (χ1) is 15.0. The number of thiazole rings is 1. The lowest BCUT2D eigenvalue weighted by Gasteiger charge is -2.19. The molecule has 5 rings (SSSR count). The highest BCUT2D eigenvalue weighted by atomic mass is 35.5. The molecule has 2 atom stereocenters. The molecule has 0 N–H and O–H groups in total. The molecule has 0 bridgehead atoms. The van der Waals surface area contributed by atoms with Crippen LogP contribution in [0.1, 0.15) is 36.0 Å². The molecule has 2 fully saturated rings. The number of Topliss-reactive ketones (excluding diaryl/α,β-unsaturated/α-hetero) is 1. The van der Waals surface area contributed by atoms with Crippen molar-refractivity contribution >= 4 is 68.2 Å². The molecule has 1 aliphatic heterocycles. The number of anilines is 1. The van der Waals surface area contributed by atoms with Crippen LogP contribution in [-0.2, 0) is 9.59 Å². The van der Waals surface area contributed by atoms with Gasteiger partial charge < -0.3 is 0 Å². The molecule has 8 heteroatoms. The molecule has 1 saturated carbocycles. The zero-order valence-electron chi connectivity index (χ0n) is 16.5. The van der Waals surface area contributed by atoms with Crippen molar-refractivity contribution in [3.05, 3.63) is 53.1 Å². The highest BCUT2D eigenvalue weighted by Gasteiger charge is 2.48. The largest absolute Gasteiger partial charge is 0.293 e. The van der Waals surface area contributed by atoms with Crippen molar-refractivity contribution in [1.29, 1.82) is 0 Å². The van der Waals surface area contributed by atoms with Gasteiger partial charge in [0.1, 0.15) is 0 Å². The van der Waals surface area contributed by atoms with Gasteiger partial charge in [-0.2, -0.15) is 0 Å². The fourth-order valence-corrected chi connectivity index (χ4v) is 6.48. The summed E-state index contributed by atoms with van der Waals surface area (Å²) in [5, 5.41) is 0.598. The molecule has 3 aromatic rings. The second-order valence-corrected chi connectivity index (χ2v) is 10.5. The number of hydrogen-bond donors (Lipinski definition) is 0. The molecular formula is C23H19ClN2O3S2. The van der Waals surface area contributed by atoms with E-state index in [2.05, 4.69) is 4.98 Å². The highest BCUT2D eigenvalue weighted by Crippen LogP contribution is 2.41. The van der Waals surface area contributed by atoms with Gasteiger partial charge in [0.05, 0.1) is 33.5 Å². The Bertz CT molecular complexity index is 1170. The van der Waals surface area contributed by atoms with E-state index in [-0.39, 0.29) is 35.2 Å². The van der Waals surface area contributed by atoms with E-state index in [1.54, 1.807) is 30.3 Å². The van der Waals surface area contributed by atoms with Crippen molar-refractivity contribution in [2.75, 3.05) is 10.7 Å². The first kappa shape index (κ1) is 20.7. The lowest BCUT2D eigenvalue weighted by molar-refractivity contribution is -0.122. The van der Waals surface area contributed by atoms with E-state index in [4.69, 9.17) is 11.6 Å². The Labute approximate surface area is 192 Å². The second-order valence-electron chi connectivity index (χ2n) is 7.86. The summed E-state index contributed by atoms with van der Waals surface area (Å²) in [6.07, 6.45) is 3.63. The van der Waals surface area contributed by atoms with Gasteiger partial charge in [-0.1, -0.05) is 36.2 Å². The van der Waals surface area contributed by atoms with Gasteiger partial charge in [0.2, 0.25) is 11.8 Å². The molecule has 1 saturated heterocycles. The van der Waals surface area contributed by atoms with Gasteiger partial charge in [0.15, 0.2) is 10.1 Å². The summed E-state index contributed by atoms with van der Waals surface area (Å²) >= 11 is 8.73. The second kappa shape index (κ2) is 8.37. The minimum absolute atomic E-state index is 0.0116. The summed E-state index contributed by atoms with van der Waals surface area (Å²) in [5.41, 5.74) is 2.04. The third-order valence-corrected chi connectivity index (χ3v) is 8.36. The van der Waals surface area contributed by atoms with Crippen molar-refractivity contribution in [1.82, 2.24) is 4.98 Å². The summed E-state index contributed by atoms with van der Waals surface area (Å²) in [6.45, 7) is 0. The fraction of sp³-hybridized carbons (Fsp3) is 0.304. The first-order valence-electron chi connectivity index (χ1n) is 10.2. The van der Waals surface area contributed by atoms with E-state index in [1.165, 1.54) is 28.0 Å². The zero-order valence-corrected chi connectivity index (χ0v) is 18.9. The molecular weight excluding hydrogens is 452 g/mol. The van der Waals surface area contributed by atoms with Crippen molar-refractivity contribution < 1.29 is 14.4 Å². The van der Waals surface area contributed by atoms with Crippen LogP contribution >= 0.6 is 34.7 Å². The summed E-state index contributed by atoms with van der Waals surface area (Å²) in [6, 6.07) is 12.4. The normalized spacial score (nSPS) is 21.0. The van der Waals surface area contributed by atoms with Crippen molar-refractivity contribution in [3.63, 3.8) is 0 Å². The molecule has 1 aliphatic carbocycles. The lowest BCUT2D eigenvalue weighted by atomic mass is 9.81. The molecule has 31 heavy (non-hydrogen) atoms. The standard InChI is InChI=1S/C23H19ClN2O3S2/c24-14-7-5-13(6-8-14)19(27)12-30-23-25-18-10-9-15(11-20(18)31-23)26-21(28)16-3-1-2-4-17(16)22(26)29/h5-11,16-17H,1-4,12H2/t16-,17+. The summed E-state index contributed by atoms with van der Waals surface area (Å²) in [7, 11) is 0. The predicted molar refractivity (Wildman–Crippen MR) is 124 cm³/mol. The van der Waals surface area contributed by atoms with Crippen LogP contribution in [0.4, 0.5) is 5.69 Å². The van der Waals surface area contributed by atoms with E-state index < -0.39 is 0 Å². The van der Waals surface area contributed by atoms with Gasteiger partial charge in [-0.3, -0.25) is 19.3 Å². The molecule has 158 valence electrons. The van der Waals surface area contributed by atoms with Gasteiger partial charge in [-0.15, -0.1) is 11.3 Å². The average molecular weight is 471 g/mol. The summed E-state index contributed by atoms with van der Waals surface area (Å²) in [5.74, 6) is -0.173. The van der Waals surface area contributed by atoms with E-state index in [9.17, 15) is 14.4 Å². The molecule has 5 nitrogen and oxygen atoms in total. The number of benzene rings is 2. The molecule has 0 spiro atoms. The smallest absolute Gasteiger partial charge is 0.237 e. The fourth-order valence-electron chi connectivity index (χ4n) is 4.36. The van der Waals surface area contributed by atoms with Crippen LogP contribution in [0.5, 0.6) is 0 Å². The average Bonchev–Trinajstić information content (AvgIpc) is 3.30. The Morgan fingerprint density at radius 1 is 1.06 bits per heavy atom. The number of imide groups is 1. The van der Waals surface area contributed by atoms with Gasteiger partial charge >= 0.3 is 0 Å². The molecule has 1 aromatic heterocycles. The van der Waals surface area contributed by atoms with E-state index >= 15 is 0 Å². The maximum atomic E-state index is 12.9. The van der Waals surface area contributed by atoms with Crippen molar-refractivity contribution in [2.24, 2.45) is 11.8 Å². The molecule has 2 heterocycles. The number of hydrogen-bond acceptors (Lipinski definition) is 6. The number of ketones is 1. The SMILES string of the molecule is O=C(CSc1nc2ccc(N3C(=O)[C@H]4CCCC[C@H]4C3=O)cc2s1)c1ccc(Cl)cc1. The quantitative estimate of drug-likeness (QED) is 0.275. The van der Waals surface area contributed by atoms with Gasteiger partial charge in [-0.25, -0.2) is 4.98 Å². The van der Waals surface area contributed by atoms with E-state index in [0.717, 1.165) is 40.2 Å². The van der Waals surface area contributed by atoms with Crippen molar-refractivity contribution in [3.8, 4) is 0 Å². The molecule has 2 aromatic carbocycles. The Kier molecular flexibility index (Phi) is 5.58. The van der Waals surface area contributed by atoms with Crippen LogP contribution in [-0.4, -0.2) is 28.3 Å². The maximum absolute atomic E-state index is 12.9. The molecule has 2 amide bonds. The number of halogens is 1. The number of rotatable bonds is 5. The van der Waals surface area contributed by atoms with Crippen LogP contribution in [0, 0.1) is 11.8 Å². The van der Waals surface area contributed by atoms with Crippen LogP contribution in [0.2, 0.25) is 5.02 Å². The molecule has 2 aliphatic rings. The Morgan fingerprint density at radius 3 is 2.42 bits per heavy atom. The lowest BCUT2D eigenvalue weighted by Crippen LogP contribution is -2.30. The number of aromatic nitrogens is 1. The number of thioether (sulfide) groups is 1. The zero-order chi connectivity index (χ0) is 21.5. The monoisotopic (exact) mass is 470 g/mol. The highest BCUT2D eigenvalue weighted by molar-refractivity contribution is 8.01. The van der Waals surface area contributed by atoms with Crippen molar-refractivity contribution in [2.45, 2.75) is 30.0 Å². The van der Waals surface area contributed by atoms with Crippen LogP contribution < -0.4 is 4.90 Å². The third kappa shape index (κ3) is 3.90. The van der Waals surface area contributed by atoms with E-state index in [1.807, 2.05) is 12.1 Å². The minimum atomic E-state index is -0.164. The molecule has 0 radical (unpaired) electrons. The summed E-state index contributed by atoms with van der Waals surface area (Å²) in [4.78, 5) is 44.1. The number of fused-ring (bicyclic) bond motifs is 2. The van der Waals surface area contributed by atoms with E-state index in [0.29, 0.717) is 16.3 Å². The Hall–Kier alpha value is -2.22.